The van der Waals surface area contributed by atoms with Gasteiger partial charge in [0.15, 0.2) is 0 Å². The van der Waals surface area contributed by atoms with Crippen LogP contribution in [-0.2, 0) is 0 Å². The molecule has 2 fully saturated rings. The zero-order chi connectivity index (χ0) is 16.1. The summed E-state index contributed by atoms with van der Waals surface area (Å²) < 4.78 is 78.4. The van der Waals surface area contributed by atoms with Crippen molar-refractivity contribution < 1.29 is 31.4 Å². The number of hydrogen-bond donors (Lipinski definition) is 1. The molecule has 0 heterocycles. The lowest BCUT2D eigenvalue weighted by molar-refractivity contribution is -0.393. The molecule has 1 N–H and O–H groups in total. The average molecular weight is 318 g/mol. The monoisotopic (exact) mass is 318 g/mol. The summed E-state index contributed by atoms with van der Waals surface area (Å²) in [7, 11) is 0. The lowest BCUT2D eigenvalue weighted by Gasteiger charge is -2.50. The van der Waals surface area contributed by atoms with Gasteiger partial charge < -0.3 is 5.11 Å². The third-order valence-corrected chi connectivity index (χ3v) is 5.45. The Morgan fingerprint density at radius 3 is 1.76 bits per heavy atom. The number of fused-ring (bicyclic) bond motifs is 1. The van der Waals surface area contributed by atoms with Gasteiger partial charge in [-0.2, -0.15) is 26.3 Å². The number of alkyl halides is 6. The molecule has 2 rings (SSSR count). The van der Waals surface area contributed by atoms with E-state index in [9.17, 15) is 31.4 Å². The van der Waals surface area contributed by atoms with Crippen LogP contribution in [0.1, 0.15) is 45.4 Å². The molecule has 2 aliphatic carbocycles. The highest BCUT2D eigenvalue weighted by atomic mass is 19.4. The van der Waals surface area contributed by atoms with Crippen LogP contribution in [0.25, 0.3) is 0 Å². The van der Waals surface area contributed by atoms with Crippen LogP contribution in [-0.4, -0.2) is 23.1 Å². The summed E-state index contributed by atoms with van der Waals surface area (Å²) >= 11 is 0. The predicted molar refractivity (Wildman–Crippen MR) is 64.4 cm³/mol. The summed E-state index contributed by atoms with van der Waals surface area (Å²) in [6.07, 6.45) is -8.83. The average Bonchev–Trinajstić information content (AvgIpc) is 2.35. The third-order valence-electron chi connectivity index (χ3n) is 5.45. The van der Waals surface area contributed by atoms with Crippen LogP contribution in [0, 0.1) is 23.7 Å². The van der Waals surface area contributed by atoms with Crippen molar-refractivity contribution in [1.29, 1.82) is 0 Å². The molecule has 0 aromatic heterocycles. The van der Waals surface area contributed by atoms with Gasteiger partial charge in [0.05, 0.1) is 0 Å². The first-order chi connectivity index (χ1) is 9.50. The highest BCUT2D eigenvalue weighted by molar-refractivity contribution is 5.05. The molecule has 0 aromatic rings. The van der Waals surface area contributed by atoms with Crippen molar-refractivity contribution in [2.24, 2.45) is 23.7 Å². The zero-order valence-corrected chi connectivity index (χ0v) is 11.8. The molecule has 7 heteroatoms. The molecular formula is C14H20F6O. The minimum atomic E-state index is -5.70. The Labute approximate surface area is 119 Å². The molecule has 0 radical (unpaired) electrons. The first-order valence-corrected chi connectivity index (χ1v) is 7.36. The van der Waals surface area contributed by atoms with Gasteiger partial charge in [0.2, 0.25) is 0 Å². The Morgan fingerprint density at radius 1 is 0.762 bits per heavy atom. The van der Waals surface area contributed by atoms with Crippen molar-refractivity contribution in [3.63, 3.8) is 0 Å². The van der Waals surface area contributed by atoms with Crippen molar-refractivity contribution in [1.82, 2.24) is 0 Å². The molecule has 0 aromatic carbocycles. The maximum atomic E-state index is 13.1. The van der Waals surface area contributed by atoms with Crippen molar-refractivity contribution in [2.45, 2.75) is 63.4 Å². The molecule has 0 aliphatic heterocycles. The van der Waals surface area contributed by atoms with Crippen LogP contribution < -0.4 is 0 Å². The molecule has 0 spiro atoms. The third kappa shape index (κ3) is 2.66. The normalized spacial score (nSPS) is 35.4. The minimum absolute atomic E-state index is 0.122. The lowest BCUT2D eigenvalue weighted by atomic mass is 9.57. The van der Waals surface area contributed by atoms with Gasteiger partial charge in [-0.3, -0.25) is 0 Å². The van der Waals surface area contributed by atoms with E-state index in [0.717, 1.165) is 6.42 Å². The largest absolute Gasteiger partial charge is 0.426 e. The second kappa shape index (κ2) is 5.32. The van der Waals surface area contributed by atoms with Gasteiger partial charge >= 0.3 is 12.4 Å². The second-order valence-electron chi connectivity index (χ2n) is 6.54. The van der Waals surface area contributed by atoms with Crippen molar-refractivity contribution >= 4 is 0 Å². The highest BCUT2D eigenvalue weighted by Gasteiger charge is 2.75. The molecular weight excluding hydrogens is 298 g/mol. The van der Waals surface area contributed by atoms with Crippen LogP contribution in [0.3, 0.4) is 0 Å². The molecule has 124 valence electrons. The number of hydrogen-bond acceptors (Lipinski definition) is 1. The topological polar surface area (TPSA) is 20.2 Å². The van der Waals surface area contributed by atoms with Crippen molar-refractivity contribution in [3.05, 3.63) is 0 Å². The second-order valence-corrected chi connectivity index (χ2v) is 6.54. The number of rotatable bonds is 1. The van der Waals surface area contributed by atoms with Gasteiger partial charge in [0.25, 0.3) is 5.60 Å². The Kier molecular flexibility index (Phi) is 4.28. The maximum absolute atomic E-state index is 13.1. The van der Waals surface area contributed by atoms with Crippen molar-refractivity contribution in [3.8, 4) is 0 Å². The summed E-state index contributed by atoms with van der Waals surface area (Å²) in [5.74, 6) is -2.50. The Morgan fingerprint density at radius 2 is 1.24 bits per heavy atom. The van der Waals surface area contributed by atoms with Crippen LogP contribution >= 0.6 is 0 Å². The van der Waals surface area contributed by atoms with Gasteiger partial charge in [0, 0.05) is 5.92 Å². The van der Waals surface area contributed by atoms with E-state index in [1.165, 1.54) is 0 Å². The zero-order valence-electron chi connectivity index (χ0n) is 11.8. The Hall–Kier alpha value is -0.460. The number of aliphatic hydroxyl groups is 1. The molecule has 1 nitrogen and oxygen atoms in total. The van der Waals surface area contributed by atoms with Crippen LogP contribution in [0.2, 0.25) is 0 Å². The summed E-state index contributed by atoms with van der Waals surface area (Å²) in [4.78, 5) is 0. The smallest absolute Gasteiger partial charge is 0.373 e. The van der Waals surface area contributed by atoms with Gasteiger partial charge in [-0.25, -0.2) is 0 Å². The van der Waals surface area contributed by atoms with E-state index in [1.54, 1.807) is 0 Å². The molecule has 0 saturated heterocycles. The summed E-state index contributed by atoms with van der Waals surface area (Å²) in [6.45, 7) is 1.89. The first kappa shape index (κ1) is 16.9. The Balaban J connectivity index is 2.40. The van der Waals surface area contributed by atoms with E-state index >= 15 is 0 Å². The van der Waals surface area contributed by atoms with E-state index in [1.807, 2.05) is 6.92 Å². The molecule has 0 bridgehead atoms. The van der Waals surface area contributed by atoms with E-state index in [0.29, 0.717) is 25.7 Å². The fraction of sp³-hybridized carbons (Fsp3) is 1.00. The fourth-order valence-corrected chi connectivity index (χ4v) is 4.41. The molecule has 21 heavy (non-hydrogen) atoms. The molecule has 2 saturated carbocycles. The van der Waals surface area contributed by atoms with Gasteiger partial charge in [-0.15, -0.1) is 0 Å². The van der Waals surface area contributed by atoms with E-state index < -0.39 is 29.8 Å². The van der Waals surface area contributed by atoms with Gasteiger partial charge in [-0.1, -0.05) is 26.2 Å². The first-order valence-electron chi connectivity index (χ1n) is 7.36. The van der Waals surface area contributed by atoms with Gasteiger partial charge in [-0.05, 0) is 37.0 Å². The highest BCUT2D eigenvalue weighted by Crippen LogP contribution is 2.57. The fourth-order valence-electron chi connectivity index (χ4n) is 4.41. The van der Waals surface area contributed by atoms with Crippen LogP contribution in [0.5, 0.6) is 0 Å². The predicted octanol–water partition coefficient (Wildman–Crippen LogP) is 4.69. The SMILES string of the molecule is C[C@H]1CCCC2C1CCCC2C(O)(C(F)(F)F)C(F)(F)F. The van der Waals surface area contributed by atoms with E-state index in [-0.39, 0.29) is 18.3 Å². The quantitative estimate of drug-likeness (QED) is 0.695. The van der Waals surface area contributed by atoms with E-state index in [2.05, 4.69) is 0 Å². The van der Waals surface area contributed by atoms with Gasteiger partial charge in [0.1, 0.15) is 0 Å². The molecule has 0 amide bonds. The number of halogens is 6. The molecule has 2 aliphatic rings. The van der Waals surface area contributed by atoms with Crippen LogP contribution in [0.15, 0.2) is 0 Å². The summed E-state index contributed by atoms with van der Waals surface area (Å²) in [5.41, 5.74) is -4.58. The van der Waals surface area contributed by atoms with Crippen LogP contribution in [0.4, 0.5) is 26.3 Å². The van der Waals surface area contributed by atoms with Crippen molar-refractivity contribution in [2.75, 3.05) is 0 Å². The maximum Gasteiger partial charge on any atom is 0.426 e. The molecule has 3 unspecified atom stereocenters. The Bertz CT molecular complexity index is 361. The lowest BCUT2D eigenvalue weighted by Crippen LogP contribution is -2.64. The van der Waals surface area contributed by atoms with E-state index in [4.69, 9.17) is 0 Å². The standard InChI is InChI=1S/C14H20F6O/c1-8-4-2-6-10-9(8)5-3-7-11(10)12(21,13(15,16)17)14(18,19)20/h8-11,21H,2-7H2,1H3/t8-,9?,10?,11?/m0/s1. The summed E-state index contributed by atoms with van der Waals surface area (Å²) in [5, 5.41) is 9.68. The minimum Gasteiger partial charge on any atom is -0.373 e. The molecule has 4 atom stereocenters. The summed E-state index contributed by atoms with van der Waals surface area (Å²) in [6, 6.07) is 0.